The molecular formula is C25H31NO3. The molecular weight excluding hydrogens is 362 g/mol. The van der Waals surface area contributed by atoms with Crippen molar-refractivity contribution in [3.8, 4) is 5.69 Å². The van der Waals surface area contributed by atoms with Gasteiger partial charge in [-0.05, 0) is 94.0 Å². The van der Waals surface area contributed by atoms with Gasteiger partial charge in [0.1, 0.15) is 0 Å². The first-order valence-electron chi connectivity index (χ1n) is 10.8. The molecule has 4 rings (SSSR count). The van der Waals surface area contributed by atoms with E-state index in [1.165, 1.54) is 30.4 Å². The van der Waals surface area contributed by atoms with Gasteiger partial charge in [0.15, 0.2) is 6.61 Å². The van der Waals surface area contributed by atoms with Crippen LogP contribution in [0.25, 0.3) is 5.69 Å². The van der Waals surface area contributed by atoms with Gasteiger partial charge in [0.25, 0.3) is 0 Å². The third kappa shape index (κ3) is 3.90. The number of ether oxygens (including phenoxy) is 1. The molecule has 0 radical (unpaired) electrons. The summed E-state index contributed by atoms with van der Waals surface area (Å²) in [5, 5.41) is 0. The normalized spacial score (nSPS) is 22.8. The van der Waals surface area contributed by atoms with Crippen LogP contribution in [-0.2, 0) is 9.53 Å². The number of carbonyl (C=O) groups excluding carboxylic acids is 2. The van der Waals surface area contributed by atoms with Crippen molar-refractivity contribution in [3.05, 3.63) is 52.3 Å². The Balaban J connectivity index is 1.41. The fourth-order valence-electron chi connectivity index (χ4n) is 5.43. The highest BCUT2D eigenvalue weighted by atomic mass is 16.5. The average Bonchev–Trinajstić information content (AvgIpc) is 3.37. The van der Waals surface area contributed by atoms with Crippen molar-refractivity contribution in [1.29, 1.82) is 0 Å². The quantitative estimate of drug-likeness (QED) is 0.497. The van der Waals surface area contributed by atoms with E-state index in [1.54, 1.807) is 0 Å². The zero-order valence-electron chi connectivity index (χ0n) is 18.0. The lowest BCUT2D eigenvalue weighted by Gasteiger charge is -2.20. The second-order valence-corrected chi connectivity index (χ2v) is 9.11. The molecule has 0 aliphatic heterocycles. The van der Waals surface area contributed by atoms with Gasteiger partial charge in [-0.25, -0.2) is 0 Å². The van der Waals surface area contributed by atoms with Crippen LogP contribution in [0.15, 0.2) is 24.3 Å². The second-order valence-electron chi connectivity index (χ2n) is 9.11. The first kappa shape index (κ1) is 19.9. The Labute approximate surface area is 173 Å². The molecule has 3 atom stereocenters. The van der Waals surface area contributed by atoms with Gasteiger partial charge in [0, 0.05) is 29.1 Å². The van der Waals surface area contributed by atoms with E-state index in [9.17, 15) is 9.59 Å². The number of ketones is 1. The minimum atomic E-state index is -0.223. The molecule has 4 nitrogen and oxygen atoms in total. The zero-order valence-corrected chi connectivity index (χ0v) is 18.0. The number of hydrogen-bond acceptors (Lipinski definition) is 3. The summed E-state index contributed by atoms with van der Waals surface area (Å²) in [6, 6.07) is 8.21. The molecule has 1 heterocycles. The number of carbonyl (C=O) groups is 2. The van der Waals surface area contributed by atoms with Crippen molar-refractivity contribution in [3.63, 3.8) is 0 Å². The molecule has 1 aromatic heterocycles. The zero-order chi connectivity index (χ0) is 20.7. The van der Waals surface area contributed by atoms with E-state index in [1.807, 2.05) is 19.9 Å². The molecule has 3 unspecified atom stereocenters. The highest BCUT2D eigenvalue weighted by Gasteiger charge is 2.40. The van der Waals surface area contributed by atoms with Crippen LogP contribution in [0.1, 0.15) is 65.0 Å². The van der Waals surface area contributed by atoms with Crippen LogP contribution >= 0.6 is 0 Å². The minimum absolute atomic E-state index is 0.130. The molecule has 29 heavy (non-hydrogen) atoms. The van der Waals surface area contributed by atoms with Crippen molar-refractivity contribution in [2.75, 3.05) is 6.61 Å². The highest BCUT2D eigenvalue weighted by Crippen LogP contribution is 2.49. The SMILES string of the molecule is Cc1ccc(-n2c(C)cc(C(=O)COC(=O)CC3CC4CCC3C4)c2C)cc1C. The van der Waals surface area contributed by atoms with Gasteiger partial charge in [-0.3, -0.25) is 9.59 Å². The second kappa shape index (κ2) is 7.81. The molecule has 2 aliphatic carbocycles. The topological polar surface area (TPSA) is 48.3 Å². The average molecular weight is 394 g/mol. The fraction of sp³-hybridized carbons (Fsp3) is 0.520. The molecule has 2 aromatic rings. The maximum Gasteiger partial charge on any atom is 0.306 e. The number of nitrogens with zero attached hydrogens (tertiary/aromatic N) is 1. The summed E-state index contributed by atoms with van der Waals surface area (Å²) in [7, 11) is 0. The van der Waals surface area contributed by atoms with E-state index in [0.29, 0.717) is 23.8 Å². The van der Waals surface area contributed by atoms with Gasteiger partial charge in [-0.2, -0.15) is 0 Å². The molecule has 0 spiro atoms. The summed E-state index contributed by atoms with van der Waals surface area (Å²) in [6.45, 7) is 7.96. The Bertz CT molecular complexity index is 955. The van der Waals surface area contributed by atoms with E-state index in [-0.39, 0.29) is 18.4 Å². The summed E-state index contributed by atoms with van der Waals surface area (Å²) < 4.78 is 7.47. The van der Waals surface area contributed by atoms with Crippen molar-refractivity contribution in [2.45, 2.75) is 59.8 Å². The Morgan fingerprint density at radius 3 is 2.48 bits per heavy atom. The van der Waals surface area contributed by atoms with Crippen molar-refractivity contribution < 1.29 is 14.3 Å². The smallest absolute Gasteiger partial charge is 0.306 e. The summed E-state index contributed by atoms with van der Waals surface area (Å²) in [5.41, 5.74) is 6.04. The van der Waals surface area contributed by atoms with Crippen LogP contribution in [0.4, 0.5) is 0 Å². The Morgan fingerprint density at radius 1 is 1.03 bits per heavy atom. The lowest BCUT2D eigenvalue weighted by Crippen LogP contribution is -2.20. The summed E-state index contributed by atoms with van der Waals surface area (Å²) >= 11 is 0. The molecule has 2 saturated carbocycles. The monoisotopic (exact) mass is 393 g/mol. The lowest BCUT2D eigenvalue weighted by molar-refractivity contribution is -0.144. The maximum absolute atomic E-state index is 12.8. The molecule has 0 N–H and O–H groups in total. The summed E-state index contributed by atoms with van der Waals surface area (Å²) in [6.07, 6.45) is 5.49. The van der Waals surface area contributed by atoms with E-state index in [0.717, 1.165) is 29.4 Å². The number of aromatic nitrogens is 1. The predicted octanol–water partition coefficient (Wildman–Crippen LogP) is 5.26. The van der Waals surface area contributed by atoms with Gasteiger partial charge in [0.2, 0.25) is 5.78 Å². The molecule has 0 saturated heterocycles. The predicted molar refractivity (Wildman–Crippen MR) is 114 cm³/mol. The number of hydrogen-bond donors (Lipinski definition) is 0. The van der Waals surface area contributed by atoms with Crippen LogP contribution in [0.2, 0.25) is 0 Å². The number of rotatable bonds is 6. The van der Waals surface area contributed by atoms with Crippen LogP contribution < -0.4 is 0 Å². The van der Waals surface area contributed by atoms with Gasteiger partial charge in [-0.1, -0.05) is 12.5 Å². The number of aryl methyl sites for hydroxylation is 3. The third-order valence-electron chi connectivity index (χ3n) is 7.16. The molecule has 2 fully saturated rings. The third-order valence-corrected chi connectivity index (χ3v) is 7.16. The lowest BCUT2D eigenvalue weighted by atomic mass is 9.86. The Hall–Kier alpha value is -2.36. The summed E-state index contributed by atoms with van der Waals surface area (Å²) in [5.74, 6) is 1.62. The molecule has 0 amide bonds. The van der Waals surface area contributed by atoms with Crippen molar-refractivity contribution in [1.82, 2.24) is 4.57 Å². The number of Topliss-reactive ketones (excluding diaryl/α,β-unsaturated/α-hetero) is 1. The first-order valence-corrected chi connectivity index (χ1v) is 10.8. The van der Waals surface area contributed by atoms with E-state index in [4.69, 9.17) is 4.74 Å². The van der Waals surface area contributed by atoms with Gasteiger partial charge < -0.3 is 9.30 Å². The van der Waals surface area contributed by atoms with Crippen LogP contribution in [0.5, 0.6) is 0 Å². The van der Waals surface area contributed by atoms with Gasteiger partial charge in [0.05, 0.1) is 0 Å². The van der Waals surface area contributed by atoms with Gasteiger partial charge >= 0.3 is 5.97 Å². The first-order chi connectivity index (χ1) is 13.8. The van der Waals surface area contributed by atoms with E-state index in [2.05, 4.69) is 36.6 Å². The Kier molecular flexibility index (Phi) is 5.37. The number of fused-ring (bicyclic) bond motifs is 2. The standard InChI is InChI=1S/C25H31NO3/c1-15-5-8-22(9-16(15)2)26-17(3)10-23(18(26)4)24(27)14-29-25(28)13-21-12-19-6-7-20(21)11-19/h5,8-10,19-21H,6-7,11-14H2,1-4H3. The Morgan fingerprint density at radius 2 is 1.83 bits per heavy atom. The highest BCUT2D eigenvalue weighted by molar-refractivity contribution is 5.99. The molecule has 2 bridgehead atoms. The number of esters is 1. The molecule has 4 heteroatoms. The van der Waals surface area contributed by atoms with Crippen LogP contribution in [0, 0.1) is 45.4 Å². The van der Waals surface area contributed by atoms with Crippen molar-refractivity contribution in [2.24, 2.45) is 17.8 Å². The fourth-order valence-corrected chi connectivity index (χ4v) is 5.43. The van der Waals surface area contributed by atoms with E-state index < -0.39 is 0 Å². The minimum Gasteiger partial charge on any atom is -0.457 e. The molecule has 154 valence electrons. The number of benzene rings is 1. The van der Waals surface area contributed by atoms with E-state index >= 15 is 0 Å². The van der Waals surface area contributed by atoms with Gasteiger partial charge in [-0.15, -0.1) is 0 Å². The van der Waals surface area contributed by atoms with Crippen molar-refractivity contribution >= 4 is 11.8 Å². The molecule has 2 aliphatic rings. The largest absolute Gasteiger partial charge is 0.457 e. The molecule has 1 aromatic carbocycles. The summed E-state index contributed by atoms with van der Waals surface area (Å²) in [4.78, 5) is 25.0. The van der Waals surface area contributed by atoms with Crippen LogP contribution in [-0.4, -0.2) is 22.9 Å². The maximum atomic E-state index is 12.8. The van der Waals surface area contributed by atoms with Crippen LogP contribution in [0.3, 0.4) is 0 Å².